The van der Waals surface area contributed by atoms with Crippen LogP contribution in [0.3, 0.4) is 0 Å². The molecule has 0 bridgehead atoms. The summed E-state index contributed by atoms with van der Waals surface area (Å²) in [5, 5.41) is 3.35. The van der Waals surface area contributed by atoms with Gasteiger partial charge >= 0.3 is 0 Å². The molecule has 0 rings (SSSR count). The molecule has 0 aliphatic heterocycles. The van der Waals surface area contributed by atoms with Gasteiger partial charge in [-0.05, 0) is 32.7 Å². The molecule has 0 aromatic rings. The van der Waals surface area contributed by atoms with Crippen LogP contribution in [-0.4, -0.2) is 33.3 Å². The summed E-state index contributed by atoms with van der Waals surface area (Å²) in [6.45, 7) is 9.48. The van der Waals surface area contributed by atoms with Gasteiger partial charge in [-0.2, -0.15) is 0 Å². The van der Waals surface area contributed by atoms with E-state index in [1.165, 1.54) is 0 Å². The van der Waals surface area contributed by atoms with Gasteiger partial charge in [0, 0.05) is 12.6 Å². The Balaban J connectivity index is 3.49. The van der Waals surface area contributed by atoms with E-state index in [0.717, 1.165) is 13.0 Å². The van der Waals surface area contributed by atoms with Crippen molar-refractivity contribution >= 4 is 10.0 Å². The van der Waals surface area contributed by atoms with Gasteiger partial charge in [-0.15, -0.1) is 0 Å². The number of nitrogens with one attached hydrogen (secondary N) is 2. The summed E-state index contributed by atoms with van der Waals surface area (Å²) in [4.78, 5) is 0. The first kappa shape index (κ1) is 14.9. The quantitative estimate of drug-likeness (QED) is 0.617. The Morgan fingerprint density at radius 1 is 1.13 bits per heavy atom. The molecular weight excluding hydrogens is 212 g/mol. The Kier molecular flexibility index (Phi) is 7.13. The summed E-state index contributed by atoms with van der Waals surface area (Å²) in [6, 6.07) is 0.479. The lowest BCUT2D eigenvalue weighted by atomic mass is 10.1. The number of rotatable bonds is 8. The second-order valence-electron chi connectivity index (χ2n) is 4.14. The predicted octanol–water partition coefficient (Wildman–Crippen LogP) is 0.950. The van der Waals surface area contributed by atoms with Crippen LogP contribution in [-0.2, 0) is 10.0 Å². The van der Waals surface area contributed by atoms with Gasteiger partial charge in [0.15, 0.2) is 0 Å². The van der Waals surface area contributed by atoms with Gasteiger partial charge in [0.25, 0.3) is 0 Å². The van der Waals surface area contributed by atoms with E-state index in [1.807, 2.05) is 0 Å². The Morgan fingerprint density at radius 3 is 2.20 bits per heavy atom. The molecule has 0 radical (unpaired) electrons. The van der Waals surface area contributed by atoms with Crippen LogP contribution in [0.5, 0.6) is 0 Å². The van der Waals surface area contributed by atoms with E-state index in [2.05, 4.69) is 30.8 Å². The molecule has 0 fully saturated rings. The highest BCUT2D eigenvalue weighted by Crippen LogP contribution is 1.98. The summed E-state index contributed by atoms with van der Waals surface area (Å²) >= 11 is 0. The third kappa shape index (κ3) is 7.76. The van der Waals surface area contributed by atoms with Gasteiger partial charge in [-0.3, -0.25) is 0 Å². The maximum Gasteiger partial charge on any atom is 0.211 e. The molecule has 0 aromatic heterocycles. The molecule has 1 atom stereocenters. The van der Waals surface area contributed by atoms with Crippen molar-refractivity contribution in [1.82, 2.24) is 10.0 Å². The van der Waals surface area contributed by atoms with Gasteiger partial charge in [0.2, 0.25) is 10.0 Å². The van der Waals surface area contributed by atoms with Crippen molar-refractivity contribution in [2.45, 2.75) is 40.2 Å². The first-order valence-corrected chi connectivity index (χ1v) is 7.25. The summed E-state index contributed by atoms with van der Waals surface area (Å²) < 4.78 is 24.7. The highest BCUT2D eigenvalue weighted by molar-refractivity contribution is 7.89. The van der Waals surface area contributed by atoms with Crippen molar-refractivity contribution in [2.24, 2.45) is 5.92 Å². The second-order valence-corrected chi connectivity index (χ2v) is 6.23. The predicted molar refractivity (Wildman–Crippen MR) is 64.4 cm³/mol. The molecule has 2 N–H and O–H groups in total. The van der Waals surface area contributed by atoms with E-state index in [-0.39, 0.29) is 5.75 Å². The molecule has 0 amide bonds. The fourth-order valence-corrected chi connectivity index (χ4v) is 1.64. The third-order valence-electron chi connectivity index (χ3n) is 2.52. The van der Waals surface area contributed by atoms with E-state index >= 15 is 0 Å². The van der Waals surface area contributed by atoms with Crippen molar-refractivity contribution < 1.29 is 8.42 Å². The lowest BCUT2D eigenvalue weighted by molar-refractivity contribution is 0.424. The molecule has 0 spiro atoms. The summed E-state index contributed by atoms with van der Waals surface area (Å²) in [7, 11) is -3.01. The molecule has 92 valence electrons. The Bertz CT molecular complexity index is 250. The van der Waals surface area contributed by atoms with Crippen molar-refractivity contribution in [2.75, 3.05) is 18.8 Å². The first-order chi connectivity index (χ1) is 6.89. The Morgan fingerprint density at radius 2 is 1.73 bits per heavy atom. The van der Waals surface area contributed by atoms with Crippen LogP contribution in [0.15, 0.2) is 0 Å². The van der Waals surface area contributed by atoms with E-state index in [0.29, 0.717) is 18.5 Å². The maximum atomic E-state index is 11.1. The first-order valence-electron chi connectivity index (χ1n) is 5.59. The minimum atomic E-state index is -3.01. The van der Waals surface area contributed by atoms with E-state index in [1.54, 1.807) is 6.92 Å². The summed E-state index contributed by atoms with van der Waals surface area (Å²) in [5.74, 6) is 0.764. The molecule has 0 saturated carbocycles. The van der Waals surface area contributed by atoms with Crippen molar-refractivity contribution in [3.63, 3.8) is 0 Å². The van der Waals surface area contributed by atoms with Crippen LogP contribution < -0.4 is 10.0 Å². The zero-order valence-corrected chi connectivity index (χ0v) is 11.0. The molecule has 0 heterocycles. The standard InChI is InChI=1S/C10H24N2O2S/c1-5-15(13,14)12-8-6-7-11-10(4)9(2)3/h9-12H,5-8H2,1-4H3. The monoisotopic (exact) mass is 236 g/mol. The van der Waals surface area contributed by atoms with E-state index in [9.17, 15) is 8.42 Å². The maximum absolute atomic E-state index is 11.1. The second kappa shape index (κ2) is 7.19. The Hall–Kier alpha value is -0.130. The Labute approximate surface area is 93.9 Å². The van der Waals surface area contributed by atoms with Gasteiger partial charge in [0.1, 0.15) is 0 Å². The zero-order valence-electron chi connectivity index (χ0n) is 10.2. The van der Waals surface area contributed by atoms with Crippen LogP contribution >= 0.6 is 0 Å². The van der Waals surface area contributed by atoms with Gasteiger partial charge in [0.05, 0.1) is 5.75 Å². The average Bonchev–Trinajstić information content (AvgIpc) is 2.16. The van der Waals surface area contributed by atoms with Gasteiger partial charge < -0.3 is 5.32 Å². The van der Waals surface area contributed by atoms with Crippen molar-refractivity contribution in [1.29, 1.82) is 0 Å². The van der Waals surface area contributed by atoms with Gasteiger partial charge in [-0.1, -0.05) is 13.8 Å². The fraction of sp³-hybridized carbons (Fsp3) is 1.00. The molecule has 0 aromatic carbocycles. The minimum absolute atomic E-state index is 0.156. The lowest BCUT2D eigenvalue weighted by Crippen LogP contribution is -2.34. The third-order valence-corrected chi connectivity index (χ3v) is 3.93. The SMILES string of the molecule is CCS(=O)(=O)NCCCNC(C)C(C)C. The van der Waals surface area contributed by atoms with E-state index in [4.69, 9.17) is 0 Å². The molecule has 1 unspecified atom stereocenters. The topological polar surface area (TPSA) is 58.2 Å². The van der Waals surface area contributed by atoms with Crippen LogP contribution in [0, 0.1) is 5.92 Å². The molecular formula is C10H24N2O2S. The smallest absolute Gasteiger partial charge is 0.211 e. The van der Waals surface area contributed by atoms with Crippen molar-refractivity contribution in [3.05, 3.63) is 0 Å². The largest absolute Gasteiger partial charge is 0.314 e. The zero-order chi connectivity index (χ0) is 11.9. The molecule has 5 heteroatoms. The highest BCUT2D eigenvalue weighted by atomic mass is 32.2. The molecule has 4 nitrogen and oxygen atoms in total. The number of hydrogen-bond acceptors (Lipinski definition) is 3. The summed E-state index contributed by atoms with van der Waals surface area (Å²) in [6.07, 6.45) is 0.830. The lowest BCUT2D eigenvalue weighted by Gasteiger charge is -2.17. The molecule has 0 saturated heterocycles. The number of sulfonamides is 1. The van der Waals surface area contributed by atoms with Crippen LogP contribution in [0.25, 0.3) is 0 Å². The normalized spacial score (nSPS) is 14.5. The van der Waals surface area contributed by atoms with Crippen molar-refractivity contribution in [3.8, 4) is 0 Å². The number of hydrogen-bond donors (Lipinski definition) is 2. The summed E-state index contributed by atoms with van der Waals surface area (Å²) in [5.41, 5.74) is 0. The van der Waals surface area contributed by atoms with E-state index < -0.39 is 10.0 Å². The van der Waals surface area contributed by atoms with Crippen LogP contribution in [0.4, 0.5) is 0 Å². The average molecular weight is 236 g/mol. The van der Waals surface area contributed by atoms with Crippen LogP contribution in [0.2, 0.25) is 0 Å². The molecule has 15 heavy (non-hydrogen) atoms. The molecule has 0 aliphatic carbocycles. The molecule has 0 aliphatic rings. The minimum Gasteiger partial charge on any atom is -0.314 e. The van der Waals surface area contributed by atoms with Crippen LogP contribution in [0.1, 0.15) is 34.1 Å². The fourth-order valence-electron chi connectivity index (χ4n) is 0.984. The highest BCUT2D eigenvalue weighted by Gasteiger charge is 2.06. The van der Waals surface area contributed by atoms with Gasteiger partial charge in [-0.25, -0.2) is 13.1 Å².